The maximum Gasteiger partial charge on any atom is 0.494 e. The highest BCUT2D eigenvalue weighted by Crippen LogP contribution is 2.38. The Bertz CT molecular complexity index is 1870. The summed E-state index contributed by atoms with van der Waals surface area (Å²) in [5, 5.41) is 0.273. The van der Waals surface area contributed by atoms with Crippen LogP contribution in [-0.4, -0.2) is 22.9 Å². The molecule has 1 aliphatic heterocycles. The zero-order valence-corrected chi connectivity index (χ0v) is 19.5. The number of fused-ring (bicyclic) bond motifs is 3. The van der Waals surface area contributed by atoms with E-state index in [1.165, 1.54) is 0 Å². The largest absolute Gasteiger partial charge is 0.494 e. The van der Waals surface area contributed by atoms with Crippen LogP contribution in [0.4, 0.5) is 0 Å². The third-order valence-electron chi connectivity index (χ3n) is 6.88. The molecule has 0 saturated carbocycles. The molecule has 34 heavy (non-hydrogen) atoms. The lowest BCUT2D eigenvalue weighted by molar-refractivity contribution is 0.00578. The SMILES string of the molecule is [2H]c1c([2H])c([2H])c2c(c1[2H])c1c([2H])c(B3OC(C)(C)C(C)(C)O3)c([2H])c([2H])c1n2-c1cccc(-c2ccccc2)c1. The highest BCUT2D eigenvalue weighted by Gasteiger charge is 2.51. The molecular formula is C30H28BNO2. The summed E-state index contributed by atoms with van der Waals surface area (Å²) in [7, 11) is -1.09. The van der Waals surface area contributed by atoms with Gasteiger partial charge in [0.05, 0.1) is 31.8 Å². The van der Waals surface area contributed by atoms with E-state index in [1.54, 1.807) is 10.6 Å². The van der Waals surface area contributed by atoms with E-state index in [1.807, 2.05) is 76.2 Å². The summed E-state index contributed by atoms with van der Waals surface area (Å²) in [6, 6.07) is 15.1. The van der Waals surface area contributed by atoms with E-state index in [0.29, 0.717) is 5.69 Å². The Balaban J connectivity index is 1.75. The van der Waals surface area contributed by atoms with Crippen LogP contribution >= 0.6 is 0 Å². The van der Waals surface area contributed by atoms with Gasteiger partial charge in [-0.2, -0.15) is 0 Å². The first-order valence-electron chi connectivity index (χ1n) is 14.8. The Hall–Kier alpha value is -3.34. The van der Waals surface area contributed by atoms with Crippen molar-refractivity contribution in [3.63, 3.8) is 0 Å². The second-order valence-electron chi connectivity index (χ2n) is 9.58. The lowest BCUT2D eigenvalue weighted by Crippen LogP contribution is -2.41. The Labute approximate surface area is 210 Å². The number of hydrogen-bond acceptors (Lipinski definition) is 2. The van der Waals surface area contributed by atoms with E-state index in [-0.39, 0.29) is 57.5 Å². The van der Waals surface area contributed by atoms with Crippen LogP contribution in [0.2, 0.25) is 0 Å². The number of rotatable bonds is 3. The summed E-state index contributed by atoms with van der Waals surface area (Å²) in [5.74, 6) is 0. The molecule has 1 aromatic heterocycles. The molecule has 2 heterocycles. The molecule has 168 valence electrons. The first-order chi connectivity index (χ1) is 19.3. The second-order valence-corrected chi connectivity index (χ2v) is 9.58. The van der Waals surface area contributed by atoms with Crippen molar-refractivity contribution >= 4 is 34.4 Å². The average molecular weight is 452 g/mol. The lowest BCUT2D eigenvalue weighted by atomic mass is 9.78. The quantitative estimate of drug-likeness (QED) is 0.283. The predicted octanol–water partition coefficient (Wildman–Crippen LogP) is 6.75. The maximum absolute atomic E-state index is 9.30. The van der Waals surface area contributed by atoms with Gasteiger partial charge in [-0.25, -0.2) is 0 Å². The van der Waals surface area contributed by atoms with Crippen LogP contribution in [0.1, 0.15) is 37.3 Å². The Morgan fingerprint density at radius 2 is 1.41 bits per heavy atom. The van der Waals surface area contributed by atoms with E-state index < -0.39 is 30.4 Å². The molecule has 4 aromatic carbocycles. The third kappa shape index (κ3) is 3.29. The summed E-state index contributed by atoms with van der Waals surface area (Å²) in [5.41, 5.74) is 1.24. The van der Waals surface area contributed by atoms with E-state index in [2.05, 4.69) is 0 Å². The standard InChI is InChI=1S/C30H28BNO2/c1-29(2)30(3,4)34-31(33-29)23-17-18-28-26(20-23)25-15-8-9-16-27(25)32(28)24-14-10-13-22(19-24)21-11-6-5-7-12-21/h5-20H,1-4H3/i8D,9D,15D,16D,17D,18D,20D. The second kappa shape index (κ2) is 7.59. The molecule has 1 fully saturated rings. The topological polar surface area (TPSA) is 23.4 Å². The maximum atomic E-state index is 9.30. The molecule has 0 amide bonds. The fraction of sp³-hybridized carbons (Fsp3) is 0.200. The zero-order valence-electron chi connectivity index (χ0n) is 26.5. The van der Waals surface area contributed by atoms with Crippen LogP contribution in [0.25, 0.3) is 38.6 Å². The van der Waals surface area contributed by atoms with Gasteiger partial charge >= 0.3 is 7.12 Å². The van der Waals surface area contributed by atoms with E-state index >= 15 is 0 Å². The minimum atomic E-state index is -1.09. The number of hydrogen-bond donors (Lipinski definition) is 0. The van der Waals surface area contributed by atoms with Gasteiger partial charge in [-0.3, -0.25) is 0 Å². The van der Waals surface area contributed by atoms with Crippen molar-refractivity contribution in [1.82, 2.24) is 4.57 Å². The Kier molecular flexibility index (Phi) is 3.31. The number of benzene rings is 4. The molecule has 1 saturated heterocycles. The van der Waals surface area contributed by atoms with Gasteiger partial charge in [0.2, 0.25) is 0 Å². The zero-order chi connectivity index (χ0) is 29.6. The van der Waals surface area contributed by atoms with Crippen molar-refractivity contribution in [2.24, 2.45) is 0 Å². The minimum Gasteiger partial charge on any atom is -0.399 e. The van der Waals surface area contributed by atoms with Gasteiger partial charge in [0, 0.05) is 16.5 Å². The molecule has 4 heteroatoms. The van der Waals surface area contributed by atoms with Crippen molar-refractivity contribution in [2.75, 3.05) is 0 Å². The molecule has 0 N–H and O–H groups in total. The molecular weight excluding hydrogens is 417 g/mol. The summed E-state index contributed by atoms with van der Waals surface area (Å²) < 4.78 is 75.9. The predicted molar refractivity (Wildman–Crippen MR) is 142 cm³/mol. The molecule has 0 bridgehead atoms. The van der Waals surface area contributed by atoms with E-state index in [9.17, 15) is 1.37 Å². The minimum absolute atomic E-state index is 0.0608. The van der Waals surface area contributed by atoms with E-state index in [0.717, 1.165) is 11.1 Å². The molecule has 0 aliphatic carbocycles. The first kappa shape index (κ1) is 14.8. The summed E-state index contributed by atoms with van der Waals surface area (Å²) in [6.45, 7) is 7.45. The van der Waals surface area contributed by atoms with Gasteiger partial charge < -0.3 is 13.9 Å². The molecule has 3 nitrogen and oxygen atoms in total. The molecule has 5 aromatic rings. The van der Waals surface area contributed by atoms with Gasteiger partial charge in [-0.1, -0.05) is 72.7 Å². The highest BCUT2D eigenvalue weighted by atomic mass is 16.7. The smallest absolute Gasteiger partial charge is 0.399 e. The van der Waals surface area contributed by atoms with Crippen LogP contribution in [0.15, 0.2) is 96.9 Å². The van der Waals surface area contributed by atoms with Crippen LogP contribution < -0.4 is 5.46 Å². The van der Waals surface area contributed by atoms with Crippen LogP contribution in [0.5, 0.6) is 0 Å². The van der Waals surface area contributed by atoms with Crippen molar-refractivity contribution in [3.05, 3.63) is 96.9 Å². The molecule has 6 rings (SSSR count). The fourth-order valence-corrected chi connectivity index (χ4v) is 4.32. The normalized spacial score (nSPS) is 19.9. The third-order valence-corrected chi connectivity index (χ3v) is 6.88. The first-order valence-corrected chi connectivity index (χ1v) is 11.3. The van der Waals surface area contributed by atoms with Crippen molar-refractivity contribution in [3.8, 4) is 16.8 Å². The summed E-state index contributed by atoms with van der Waals surface area (Å²) in [4.78, 5) is 0. The van der Waals surface area contributed by atoms with Crippen LogP contribution in [-0.2, 0) is 9.31 Å². The van der Waals surface area contributed by atoms with Gasteiger partial charge in [-0.15, -0.1) is 0 Å². The number of nitrogens with zero attached hydrogens (tertiary/aromatic N) is 1. The lowest BCUT2D eigenvalue weighted by Gasteiger charge is -2.32. The van der Waals surface area contributed by atoms with Crippen LogP contribution in [0, 0.1) is 0 Å². The molecule has 0 radical (unpaired) electrons. The molecule has 1 aliphatic rings. The number of aromatic nitrogens is 1. The van der Waals surface area contributed by atoms with Crippen molar-refractivity contribution < 1.29 is 18.9 Å². The van der Waals surface area contributed by atoms with E-state index in [4.69, 9.17) is 17.5 Å². The number of para-hydroxylation sites is 1. The van der Waals surface area contributed by atoms with Gasteiger partial charge in [0.15, 0.2) is 0 Å². The van der Waals surface area contributed by atoms with Crippen molar-refractivity contribution in [2.45, 2.75) is 38.9 Å². The average Bonchev–Trinajstić information content (AvgIpc) is 3.41. The van der Waals surface area contributed by atoms with Crippen LogP contribution in [0.3, 0.4) is 0 Å². The Morgan fingerprint density at radius 3 is 2.18 bits per heavy atom. The Morgan fingerprint density at radius 1 is 0.735 bits per heavy atom. The molecule has 0 atom stereocenters. The molecule has 0 unspecified atom stereocenters. The summed E-state index contributed by atoms with van der Waals surface area (Å²) in [6.07, 6.45) is 0. The molecule has 0 spiro atoms. The summed E-state index contributed by atoms with van der Waals surface area (Å²) >= 11 is 0. The fourth-order valence-electron chi connectivity index (χ4n) is 4.32. The monoisotopic (exact) mass is 452 g/mol. The van der Waals surface area contributed by atoms with Gasteiger partial charge in [-0.05, 0) is 68.5 Å². The van der Waals surface area contributed by atoms with Gasteiger partial charge in [0.25, 0.3) is 0 Å². The van der Waals surface area contributed by atoms with Crippen molar-refractivity contribution in [1.29, 1.82) is 0 Å². The highest BCUT2D eigenvalue weighted by molar-refractivity contribution is 6.62. The van der Waals surface area contributed by atoms with Gasteiger partial charge in [0.1, 0.15) is 0 Å².